The van der Waals surface area contributed by atoms with Gasteiger partial charge in [-0.3, -0.25) is 9.59 Å². The van der Waals surface area contributed by atoms with Gasteiger partial charge >= 0.3 is 0 Å². The molecule has 0 spiro atoms. The highest BCUT2D eigenvalue weighted by atomic mass is 35.5. The first-order valence-corrected chi connectivity index (χ1v) is 9.87. The second kappa shape index (κ2) is 8.27. The van der Waals surface area contributed by atoms with Crippen molar-refractivity contribution in [3.8, 4) is 0 Å². The summed E-state index contributed by atoms with van der Waals surface area (Å²) in [5.41, 5.74) is 1.86. The Kier molecular flexibility index (Phi) is 6.33. The van der Waals surface area contributed by atoms with Crippen molar-refractivity contribution in [2.45, 2.75) is 13.3 Å². The smallest absolute Gasteiger partial charge is 0.239 e. The largest absolute Gasteiger partial charge is 0.325 e. The van der Waals surface area contributed by atoms with Crippen molar-refractivity contribution in [3.63, 3.8) is 0 Å². The first kappa shape index (κ1) is 19.1. The molecule has 132 valence electrons. The van der Waals surface area contributed by atoms with Crippen LogP contribution in [0.25, 0.3) is 0 Å². The number of carbonyl (C=O) groups excluding carboxylic acids is 2. The number of nitrogens with one attached hydrogen (secondary N) is 1. The molecule has 2 rings (SSSR count). The minimum absolute atomic E-state index is 0.239. The normalized spacial score (nSPS) is 11.1. The average molecular weight is 380 g/mol. The van der Waals surface area contributed by atoms with Gasteiger partial charge in [-0.25, -0.2) is 8.42 Å². The predicted octanol–water partition coefficient (Wildman–Crippen LogP) is 3.14. The molecule has 0 unspecified atom stereocenters. The molecule has 1 amide bonds. The zero-order valence-corrected chi connectivity index (χ0v) is 15.2. The van der Waals surface area contributed by atoms with E-state index in [1.165, 1.54) is 24.3 Å². The minimum Gasteiger partial charge on any atom is -0.325 e. The van der Waals surface area contributed by atoms with Crippen LogP contribution in [0, 0.1) is 0 Å². The lowest BCUT2D eigenvalue weighted by molar-refractivity contribution is -0.113. The summed E-state index contributed by atoms with van der Waals surface area (Å²) < 4.78 is 24.1. The van der Waals surface area contributed by atoms with Gasteiger partial charge in [0.25, 0.3) is 0 Å². The third kappa shape index (κ3) is 5.99. The molecule has 0 saturated heterocycles. The molecule has 0 bridgehead atoms. The van der Waals surface area contributed by atoms with Crippen LogP contribution >= 0.6 is 11.6 Å². The monoisotopic (exact) mass is 379 g/mol. The number of rotatable bonds is 7. The summed E-state index contributed by atoms with van der Waals surface area (Å²) >= 11 is 5.73. The molecule has 25 heavy (non-hydrogen) atoms. The van der Waals surface area contributed by atoms with Gasteiger partial charge in [-0.2, -0.15) is 0 Å². The summed E-state index contributed by atoms with van der Waals surface area (Å²) in [6.45, 7) is 2.01. The number of sulfone groups is 1. The van der Waals surface area contributed by atoms with Gasteiger partial charge in [0.05, 0.1) is 0 Å². The first-order chi connectivity index (χ1) is 11.8. The molecule has 0 heterocycles. The van der Waals surface area contributed by atoms with E-state index in [0.29, 0.717) is 10.7 Å². The molecule has 2 aromatic rings. The molecule has 0 aromatic heterocycles. The van der Waals surface area contributed by atoms with Gasteiger partial charge in [-0.05, 0) is 48.4 Å². The molecule has 0 aliphatic rings. The lowest BCUT2D eigenvalue weighted by Crippen LogP contribution is -2.27. The van der Waals surface area contributed by atoms with Crippen molar-refractivity contribution in [2.75, 3.05) is 16.8 Å². The Morgan fingerprint density at radius 2 is 1.56 bits per heavy atom. The fourth-order valence-corrected chi connectivity index (χ4v) is 3.46. The highest BCUT2D eigenvalue weighted by Crippen LogP contribution is 2.12. The number of aryl methyl sites for hydroxylation is 1. The third-order valence-electron chi connectivity index (χ3n) is 3.51. The highest BCUT2D eigenvalue weighted by Gasteiger charge is 2.21. The van der Waals surface area contributed by atoms with Crippen molar-refractivity contribution in [1.82, 2.24) is 0 Å². The van der Waals surface area contributed by atoms with Crippen LogP contribution in [0.15, 0.2) is 48.5 Å². The molecule has 0 fully saturated rings. The number of ketones is 1. The lowest BCUT2D eigenvalue weighted by Gasteiger charge is -2.07. The molecule has 0 radical (unpaired) electrons. The van der Waals surface area contributed by atoms with Crippen LogP contribution in [0.2, 0.25) is 5.02 Å². The Hall–Kier alpha value is -2.18. The average Bonchev–Trinajstić information content (AvgIpc) is 2.55. The fourth-order valence-electron chi connectivity index (χ4n) is 2.19. The molecule has 1 N–H and O–H groups in total. The summed E-state index contributed by atoms with van der Waals surface area (Å²) in [7, 11) is -3.87. The maximum absolute atomic E-state index is 12.1. The van der Waals surface area contributed by atoms with Gasteiger partial charge in [0.1, 0.15) is 11.5 Å². The maximum atomic E-state index is 12.1. The molecule has 7 heteroatoms. The maximum Gasteiger partial charge on any atom is 0.239 e. The van der Waals surface area contributed by atoms with Crippen molar-refractivity contribution < 1.29 is 18.0 Å². The predicted molar refractivity (Wildman–Crippen MR) is 98.9 cm³/mol. The van der Waals surface area contributed by atoms with E-state index in [1.807, 2.05) is 19.1 Å². The Morgan fingerprint density at radius 3 is 2.12 bits per heavy atom. The molecule has 0 atom stereocenters. The van der Waals surface area contributed by atoms with Gasteiger partial charge in [-0.15, -0.1) is 0 Å². The molecule has 0 aliphatic heterocycles. The summed E-state index contributed by atoms with van der Waals surface area (Å²) in [5, 5.41) is 2.97. The number of Topliss-reactive ketones (excluding diaryl/α,β-unsaturated/α-hetero) is 1. The number of halogens is 1. The molecule has 0 aliphatic carbocycles. The lowest BCUT2D eigenvalue weighted by atomic mass is 10.1. The summed E-state index contributed by atoms with van der Waals surface area (Å²) in [4.78, 5) is 24.0. The van der Waals surface area contributed by atoms with Crippen LogP contribution in [-0.2, 0) is 21.1 Å². The first-order valence-electron chi connectivity index (χ1n) is 7.67. The summed E-state index contributed by atoms with van der Waals surface area (Å²) in [6.07, 6.45) is 0.870. The van der Waals surface area contributed by atoms with Gasteiger partial charge in [-0.1, -0.05) is 30.7 Å². The molecular formula is C18H18ClNO4S. The van der Waals surface area contributed by atoms with Gasteiger partial charge in [0.15, 0.2) is 15.6 Å². The van der Waals surface area contributed by atoms with E-state index in [0.717, 1.165) is 12.0 Å². The number of benzene rings is 2. The number of anilines is 1. The van der Waals surface area contributed by atoms with Crippen LogP contribution in [0.5, 0.6) is 0 Å². The van der Waals surface area contributed by atoms with E-state index in [2.05, 4.69) is 5.32 Å². The zero-order valence-electron chi connectivity index (χ0n) is 13.7. The van der Waals surface area contributed by atoms with E-state index in [1.54, 1.807) is 12.1 Å². The Bertz CT molecular complexity index is 859. The van der Waals surface area contributed by atoms with E-state index in [4.69, 9.17) is 11.6 Å². The van der Waals surface area contributed by atoms with Crippen LogP contribution in [0.4, 0.5) is 5.69 Å². The Balaban J connectivity index is 1.96. The third-order valence-corrected chi connectivity index (χ3v) is 5.17. The van der Waals surface area contributed by atoms with E-state index in [-0.39, 0.29) is 5.56 Å². The van der Waals surface area contributed by atoms with Gasteiger partial charge in [0, 0.05) is 16.3 Å². The Labute approximate surface area is 151 Å². The standard InChI is InChI=1S/C18H18ClNO4S/c1-2-13-3-9-16(10-4-13)20-18(22)12-25(23,24)11-17(21)14-5-7-15(19)8-6-14/h3-10H,2,11-12H2,1H3,(H,20,22). The van der Waals surface area contributed by atoms with Crippen molar-refractivity contribution >= 4 is 38.8 Å². The van der Waals surface area contributed by atoms with E-state index in [9.17, 15) is 18.0 Å². The molecule has 5 nitrogen and oxygen atoms in total. The van der Waals surface area contributed by atoms with Crippen LogP contribution < -0.4 is 5.32 Å². The topological polar surface area (TPSA) is 80.3 Å². The van der Waals surface area contributed by atoms with Crippen LogP contribution in [-0.4, -0.2) is 31.6 Å². The van der Waals surface area contributed by atoms with E-state index >= 15 is 0 Å². The number of amides is 1. The molecular weight excluding hydrogens is 362 g/mol. The van der Waals surface area contributed by atoms with Crippen molar-refractivity contribution in [2.24, 2.45) is 0 Å². The van der Waals surface area contributed by atoms with Gasteiger partial charge < -0.3 is 5.32 Å². The zero-order chi connectivity index (χ0) is 18.4. The van der Waals surface area contributed by atoms with Gasteiger partial charge in [0.2, 0.25) is 5.91 Å². The second-order valence-electron chi connectivity index (χ2n) is 5.56. The minimum atomic E-state index is -3.87. The van der Waals surface area contributed by atoms with E-state index < -0.39 is 33.0 Å². The fraction of sp³-hybridized carbons (Fsp3) is 0.222. The number of hydrogen-bond acceptors (Lipinski definition) is 4. The van der Waals surface area contributed by atoms with Crippen LogP contribution in [0.3, 0.4) is 0 Å². The van der Waals surface area contributed by atoms with Crippen LogP contribution in [0.1, 0.15) is 22.8 Å². The Morgan fingerprint density at radius 1 is 0.960 bits per heavy atom. The quantitative estimate of drug-likeness (QED) is 0.749. The van der Waals surface area contributed by atoms with Crippen molar-refractivity contribution in [3.05, 3.63) is 64.7 Å². The summed E-state index contributed by atoms with van der Waals surface area (Å²) in [5.74, 6) is -2.72. The summed E-state index contributed by atoms with van der Waals surface area (Å²) in [6, 6.07) is 13.1. The highest BCUT2D eigenvalue weighted by molar-refractivity contribution is 7.92. The number of hydrogen-bond donors (Lipinski definition) is 1. The van der Waals surface area contributed by atoms with Crippen molar-refractivity contribution in [1.29, 1.82) is 0 Å². The SMILES string of the molecule is CCc1ccc(NC(=O)CS(=O)(=O)CC(=O)c2ccc(Cl)cc2)cc1. The number of carbonyl (C=O) groups is 2. The second-order valence-corrected chi connectivity index (χ2v) is 8.06. The molecule has 0 saturated carbocycles. The molecule has 2 aromatic carbocycles.